The smallest absolute Gasteiger partial charge is 0.121 e. The first-order valence-electron chi connectivity index (χ1n) is 5.71. The van der Waals surface area contributed by atoms with E-state index in [4.69, 9.17) is 15.7 Å². The maximum atomic E-state index is 8.83. The van der Waals surface area contributed by atoms with Gasteiger partial charge in [-0.25, -0.2) is 0 Å². The van der Waals surface area contributed by atoms with E-state index in [1.807, 2.05) is 37.3 Å². The molecule has 0 aliphatic heterocycles. The number of nitrogens with two attached hydrogens (primary N) is 1. The fourth-order valence-electron chi connectivity index (χ4n) is 1.72. The topological polar surface area (TPSA) is 59.0 Å². The van der Waals surface area contributed by atoms with Crippen molar-refractivity contribution >= 4 is 5.69 Å². The molecule has 2 aromatic carbocycles. The minimum Gasteiger partial charge on any atom is -0.486 e. The van der Waals surface area contributed by atoms with Crippen LogP contribution in [0.3, 0.4) is 0 Å². The molecule has 0 amide bonds. The Hall–Kier alpha value is -2.47. The molecule has 0 spiro atoms. The Kier molecular flexibility index (Phi) is 3.49. The molecule has 0 saturated carbocycles. The number of nitrogens with zero attached hydrogens (tertiary/aromatic N) is 1. The molecular formula is C15H14N2O. The Morgan fingerprint density at radius 1 is 1.17 bits per heavy atom. The van der Waals surface area contributed by atoms with Gasteiger partial charge in [0.05, 0.1) is 11.6 Å². The van der Waals surface area contributed by atoms with E-state index in [9.17, 15) is 0 Å². The molecule has 0 saturated heterocycles. The van der Waals surface area contributed by atoms with Crippen molar-refractivity contribution in [2.75, 3.05) is 5.73 Å². The van der Waals surface area contributed by atoms with Crippen molar-refractivity contribution in [1.29, 1.82) is 5.26 Å². The van der Waals surface area contributed by atoms with E-state index >= 15 is 0 Å². The molecule has 0 radical (unpaired) electrons. The van der Waals surface area contributed by atoms with Crippen LogP contribution in [0.25, 0.3) is 0 Å². The molecule has 2 rings (SSSR count). The van der Waals surface area contributed by atoms with Crippen LogP contribution >= 0.6 is 0 Å². The number of benzene rings is 2. The lowest BCUT2D eigenvalue weighted by Crippen LogP contribution is -2.03. The fourth-order valence-corrected chi connectivity index (χ4v) is 1.72. The quantitative estimate of drug-likeness (QED) is 0.835. The second-order valence-corrected chi connectivity index (χ2v) is 4.07. The van der Waals surface area contributed by atoms with Crippen LogP contribution in [0.15, 0.2) is 48.5 Å². The van der Waals surface area contributed by atoms with Gasteiger partial charge in [-0.15, -0.1) is 0 Å². The van der Waals surface area contributed by atoms with Gasteiger partial charge in [0.25, 0.3) is 0 Å². The molecule has 90 valence electrons. The first-order valence-corrected chi connectivity index (χ1v) is 5.71. The number of nitriles is 1. The molecule has 2 aromatic rings. The molecule has 2 N–H and O–H groups in total. The second-order valence-electron chi connectivity index (χ2n) is 4.07. The third-order valence-electron chi connectivity index (χ3n) is 2.66. The fraction of sp³-hybridized carbons (Fsp3) is 0.133. The van der Waals surface area contributed by atoms with Crippen molar-refractivity contribution in [3.05, 3.63) is 59.7 Å². The Labute approximate surface area is 106 Å². The van der Waals surface area contributed by atoms with Gasteiger partial charge in [0.2, 0.25) is 0 Å². The summed E-state index contributed by atoms with van der Waals surface area (Å²) < 4.78 is 5.79. The number of anilines is 1. The van der Waals surface area contributed by atoms with Crippen LogP contribution in [0.2, 0.25) is 0 Å². The monoisotopic (exact) mass is 238 g/mol. The third kappa shape index (κ3) is 2.80. The zero-order valence-electron chi connectivity index (χ0n) is 10.1. The molecule has 1 atom stereocenters. The average Bonchev–Trinajstić information content (AvgIpc) is 2.39. The van der Waals surface area contributed by atoms with Crippen LogP contribution in [0, 0.1) is 11.3 Å². The van der Waals surface area contributed by atoms with Gasteiger partial charge in [-0.05, 0) is 42.8 Å². The lowest BCUT2D eigenvalue weighted by Gasteiger charge is -2.15. The number of hydrogen-bond acceptors (Lipinski definition) is 3. The summed E-state index contributed by atoms with van der Waals surface area (Å²) in [5, 5.41) is 8.83. The summed E-state index contributed by atoms with van der Waals surface area (Å²) in [6, 6.07) is 16.8. The van der Waals surface area contributed by atoms with E-state index in [1.165, 1.54) is 0 Å². The van der Waals surface area contributed by atoms with Gasteiger partial charge < -0.3 is 10.5 Å². The maximum Gasteiger partial charge on any atom is 0.121 e. The van der Waals surface area contributed by atoms with Gasteiger partial charge in [-0.2, -0.15) is 5.26 Å². The van der Waals surface area contributed by atoms with Crippen molar-refractivity contribution < 1.29 is 4.74 Å². The molecule has 1 unspecified atom stereocenters. The Morgan fingerprint density at radius 3 is 2.67 bits per heavy atom. The van der Waals surface area contributed by atoms with Crippen LogP contribution in [-0.2, 0) is 0 Å². The predicted molar refractivity (Wildman–Crippen MR) is 71.1 cm³/mol. The van der Waals surface area contributed by atoms with E-state index < -0.39 is 0 Å². The SMILES string of the molecule is CC(Oc1cccc(C#N)c1)c1cccc(N)c1. The highest BCUT2D eigenvalue weighted by atomic mass is 16.5. The van der Waals surface area contributed by atoms with Crippen LogP contribution in [-0.4, -0.2) is 0 Å². The molecule has 3 nitrogen and oxygen atoms in total. The summed E-state index contributed by atoms with van der Waals surface area (Å²) in [5.41, 5.74) is 8.05. The Balaban J connectivity index is 2.16. The number of ether oxygens (including phenoxy) is 1. The number of nitrogen functional groups attached to an aromatic ring is 1. The van der Waals surface area contributed by atoms with Crippen molar-refractivity contribution in [3.63, 3.8) is 0 Å². The highest BCUT2D eigenvalue weighted by Crippen LogP contribution is 2.23. The van der Waals surface area contributed by atoms with Gasteiger partial charge >= 0.3 is 0 Å². The normalized spacial score (nSPS) is 11.6. The van der Waals surface area contributed by atoms with Gasteiger partial charge in [-0.3, -0.25) is 0 Å². The van der Waals surface area contributed by atoms with E-state index in [1.54, 1.807) is 18.2 Å². The molecule has 0 fully saturated rings. The minimum atomic E-state index is -0.109. The van der Waals surface area contributed by atoms with E-state index in [-0.39, 0.29) is 6.10 Å². The van der Waals surface area contributed by atoms with E-state index in [2.05, 4.69) is 6.07 Å². The first-order chi connectivity index (χ1) is 8.69. The highest BCUT2D eigenvalue weighted by molar-refractivity contribution is 5.42. The van der Waals surface area contributed by atoms with Crippen molar-refractivity contribution in [3.8, 4) is 11.8 Å². The lowest BCUT2D eigenvalue weighted by molar-refractivity contribution is 0.227. The second kappa shape index (κ2) is 5.24. The summed E-state index contributed by atoms with van der Waals surface area (Å²) in [5.74, 6) is 0.684. The molecule has 0 bridgehead atoms. The van der Waals surface area contributed by atoms with Crippen LogP contribution in [0.1, 0.15) is 24.2 Å². The zero-order valence-corrected chi connectivity index (χ0v) is 10.1. The van der Waals surface area contributed by atoms with Gasteiger partial charge in [-0.1, -0.05) is 18.2 Å². The van der Waals surface area contributed by atoms with Gasteiger partial charge in [0.15, 0.2) is 0 Å². The van der Waals surface area contributed by atoms with Crippen LogP contribution in [0.5, 0.6) is 5.75 Å². The lowest BCUT2D eigenvalue weighted by atomic mass is 10.1. The number of hydrogen-bond donors (Lipinski definition) is 1. The zero-order chi connectivity index (χ0) is 13.0. The molecule has 0 aliphatic carbocycles. The summed E-state index contributed by atoms with van der Waals surface area (Å²) in [6.07, 6.45) is -0.109. The largest absolute Gasteiger partial charge is 0.486 e. The van der Waals surface area contributed by atoms with Crippen molar-refractivity contribution in [2.45, 2.75) is 13.0 Å². The molecule has 0 heterocycles. The first kappa shape index (κ1) is 12.0. The van der Waals surface area contributed by atoms with Crippen LogP contribution in [0.4, 0.5) is 5.69 Å². The minimum absolute atomic E-state index is 0.109. The third-order valence-corrected chi connectivity index (χ3v) is 2.66. The van der Waals surface area contributed by atoms with Crippen molar-refractivity contribution in [2.24, 2.45) is 0 Å². The standard InChI is InChI=1S/C15H14N2O/c1-11(13-5-3-6-14(17)9-13)18-15-7-2-4-12(8-15)10-16/h2-9,11H,17H2,1H3. The van der Waals surface area contributed by atoms with Gasteiger partial charge in [0, 0.05) is 5.69 Å². The summed E-state index contributed by atoms with van der Waals surface area (Å²) in [7, 11) is 0. The van der Waals surface area contributed by atoms with Crippen molar-refractivity contribution in [1.82, 2.24) is 0 Å². The highest BCUT2D eigenvalue weighted by Gasteiger charge is 2.07. The maximum absolute atomic E-state index is 8.83. The Morgan fingerprint density at radius 2 is 1.94 bits per heavy atom. The molecule has 3 heteroatoms. The molecule has 0 aliphatic rings. The summed E-state index contributed by atoms with van der Waals surface area (Å²) >= 11 is 0. The molecular weight excluding hydrogens is 224 g/mol. The predicted octanol–water partition coefficient (Wildman–Crippen LogP) is 3.28. The van der Waals surface area contributed by atoms with Gasteiger partial charge in [0.1, 0.15) is 11.9 Å². The van der Waals surface area contributed by atoms with E-state index in [0.29, 0.717) is 17.0 Å². The molecule has 0 aromatic heterocycles. The number of rotatable bonds is 3. The van der Waals surface area contributed by atoms with Crippen LogP contribution < -0.4 is 10.5 Å². The van der Waals surface area contributed by atoms with E-state index in [0.717, 1.165) is 5.56 Å². The Bertz CT molecular complexity index is 587. The summed E-state index contributed by atoms with van der Waals surface area (Å²) in [6.45, 7) is 1.95. The average molecular weight is 238 g/mol. The summed E-state index contributed by atoms with van der Waals surface area (Å²) in [4.78, 5) is 0. The molecule has 18 heavy (non-hydrogen) atoms.